The average molecular weight is 627 g/mol. The van der Waals surface area contributed by atoms with Crippen LogP contribution < -0.4 is 25.9 Å². The van der Waals surface area contributed by atoms with Crippen LogP contribution in [0, 0.1) is 0 Å². The van der Waals surface area contributed by atoms with Gasteiger partial charge >= 0.3 is 0 Å². The van der Waals surface area contributed by atoms with Crippen molar-refractivity contribution in [1.82, 2.24) is 29.5 Å². The van der Waals surface area contributed by atoms with Gasteiger partial charge in [-0.05, 0) is 57.5 Å². The van der Waals surface area contributed by atoms with E-state index in [1.54, 1.807) is 36.5 Å². The van der Waals surface area contributed by atoms with Crippen LogP contribution in [0.25, 0.3) is 22.2 Å². The molecule has 0 atom stereocenters. The molecule has 1 aromatic carbocycles. The number of hydrogen-bond acceptors (Lipinski definition) is 10. The highest BCUT2D eigenvalue weighted by Crippen LogP contribution is 2.31. The molecule has 3 aromatic heterocycles. The van der Waals surface area contributed by atoms with Crippen molar-refractivity contribution in [2.45, 2.75) is 0 Å². The van der Waals surface area contributed by atoms with Crippen LogP contribution >= 0.6 is 23.2 Å². The lowest BCUT2D eigenvalue weighted by Crippen LogP contribution is -2.44. The molecular formula is C29H33Cl2N9O3. The number of amides is 1. The zero-order chi connectivity index (χ0) is 30.7. The third kappa shape index (κ3) is 6.99. The second-order valence-corrected chi connectivity index (χ2v) is 11.3. The minimum atomic E-state index is -0.462. The number of nitrogens with one attached hydrogen (secondary N) is 2. The van der Waals surface area contributed by atoms with Crippen LogP contribution in [0.5, 0.6) is 0 Å². The van der Waals surface area contributed by atoms with Crippen molar-refractivity contribution in [1.29, 1.82) is 0 Å². The highest BCUT2D eigenvalue weighted by Gasteiger charge is 2.20. The zero-order valence-electron chi connectivity index (χ0n) is 24.4. The molecule has 226 valence electrons. The molecule has 0 radical (unpaired) electrons. The summed E-state index contributed by atoms with van der Waals surface area (Å²) in [5.74, 6) is 0.655. The highest BCUT2D eigenvalue weighted by atomic mass is 35.5. The van der Waals surface area contributed by atoms with Crippen LogP contribution in [0.4, 0.5) is 17.5 Å². The van der Waals surface area contributed by atoms with Crippen molar-refractivity contribution in [3.8, 4) is 11.1 Å². The lowest BCUT2D eigenvalue weighted by molar-refractivity contribution is 0.102. The minimum absolute atomic E-state index is 0.230. The van der Waals surface area contributed by atoms with E-state index in [1.165, 1.54) is 13.2 Å². The van der Waals surface area contributed by atoms with Gasteiger partial charge in [0.15, 0.2) is 5.65 Å². The molecule has 4 heterocycles. The molecule has 5 rings (SSSR count). The Morgan fingerprint density at radius 3 is 2.53 bits per heavy atom. The second kappa shape index (κ2) is 13.1. The maximum Gasteiger partial charge on any atom is 0.293 e. The third-order valence-corrected chi connectivity index (χ3v) is 7.64. The van der Waals surface area contributed by atoms with Crippen LogP contribution in [-0.4, -0.2) is 103 Å². The number of rotatable bonds is 9. The molecule has 43 heavy (non-hydrogen) atoms. The molecule has 0 spiro atoms. The van der Waals surface area contributed by atoms with E-state index in [2.05, 4.69) is 42.4 Å². The number of carbonyl (C=O) groups is 1. The van der Waals surface area contributed by atoms with Crippen molar-refractivity contribution >= 4 is 57.6 Å². The van der Waals surface area contributed by atoms with E-state index in [9.17, 15) is 9.59 Å². The van der Waals surface area contributed by atoms with E-state index in [0.29, 0.717) is 51.2 Å². The monoisotopic (exact) mass is 625 g/mol. The standard InChI is InChI=1S/C29H33Cl2N9O3/c1-37(2)8-7-32-29-33-17-19-13-22(28(42)40(43-4)26(19)36-29)21-16-20(5-6-23(21)30)34-27(41)18-14-24(31)35-25(15-18)39-11-9-38(3)10-12-39/h5-6,13-17H,7-12H2,1-4H3,(H,34,41)(H,32,33,36). The molecule has 1 amide bonds. The number of halogens is 2. The van der Waals surface area contributed by atoms with Gasteiger partial charge in [-0.25, -0.2) is 9.97 Å². The van der Waals surface area contributed by atoms with Crippen LogP contribution in [0.2, 0.25) is 10.2 Å². The molecule has 2 N–H and O–H groups in total. The van der Waals surface area contributed by atoms with Crippen molar-refractivity contribution in [3.63, 3.8) is 0 Å². The molecule has 12 nitrogen and oxygen atoms in total. The van der Waals surface area contributed by atoms with Crippen molar-refractivity contribution < 1.29 is 9.63 Å². The summed E-state index contributed by atoms with van der Waals surface area (Å²) in [5.41, 5.74) is 1.33. The number of nitrogens with zero attached hydrogens (tertiary/aromatic N) is 7. The normalized spacial score (nSPS) is 13.9. The number of piperazine rings is 1. The summed E-state index contributed by atoms with van der Waals surface area (Å²) in [5, 5.41) is 7.17. The topological polar surface area (TPSA) is 121 Å². The summed E-state index contributed by atoms with van der Waals surface area (Å²) in [6.45, 7) is 4.78. The van der Waals surface area contributed by atoms with Crippen molar-refractivity contribution in [2.75, 3.05) is 83.1 Å². The molecule has 0 unspecified atom stereocenters. The first-order chi connectivity index (χ1) is 20.6. The fourth-order valence-corrected chi connectivity index (χ4v) is 5.16. The Hall–Kier alpha value is -3.97. The summed E-state index contributed by atoms with van der Waals surface area (Å²) < 4.78 is 1.10. The number of pyridine rings is 2. The molecule has 0 saturated carbocycles. The zero-order valence-corrected chi connectivity index (χ0v) is 25.9. The molecule has 0 bridgehead atoms. The number of hydrogen-bond donors (Lipinski definition) is 2. The number of likely N-dealkylation sites (N-methyl/N-ethyl adjacent to an activating group) is 2. The first-order valence-electron chi connectivity index (χ1n) is 13.7. The lowest BCUT2D eigenvalue weighted by Gasteiger charge is -2.33. The number of anilines is 3. The lowest BCUT2D eigenvalue weighted by atomic mass is 10.1. The van der Waals surface area contributed by atoms with Crippen molar-refractivity contribution in [2.24, 2.45) is 0 Å². The van der Waals surface area contributed by atoms with Crippen LogP contribution in [-0.2, 0) is 0 Å². The predicted molar refractivity (Wildman–Crippen MR) is 171 cm³/mol. The van der Waals surface area contributed by atoms with Gasteiger partial charge in [0.05, 0.1) is 5.56 Å². The first-order valence-corrected chi connectivity index (χ1v) is 14.5. The maximum absolute atomic E-state index is 13.6. The summed E-state index contributed by atoms with van der Waals surface area (Å²) in [4.78, 5) is 52.0. The average Bonchev–Trinajstić information content (AvgIpc) is 2.98. The largest absolute Gasteiger partial charge is 0.412 e. The van der Waals surface area contributed by atoms with Gasteiger partial charge in [-0.1, -0.05) is 23.2 Å². The van der Waals surface area contributed by atoms with Crippen LogP contribution in [0.1, 0.15) is 10.4 Å². The Morgan fingerprint density at radius 1 is 1.05 bits per heavy atom. The fourth-order valence-electron chi connectivity index (χ4n) is 4.73. The Morgan fingerprint density at radius 2 is 1.81 bits per heavy atom. The minimum Gasteiger partial charge on any atom is -0.412 e. The third-order valence-electron chi connectivity index (χ3n) is 7.11. The highest BCUT2D eigenvalue weighted by molar-refractivity contribution is 6.33. The Bertz CT molecular complexity index is 1710. The fraction of sp³-hybridized carbons (Fsp3) is 0.345. The smallest absolute Gasteiger partial charge is 0.293 e. The summed E-state index contributed by atoms with van der Waals surface area (Å²) in [7, 11) is 7.40. The van der Waals surface area contributed by atoms with Gasteiger partial charge in [0.1, 0.15) is 18.1 Å². The summed E-state index contributed by atoms with van der Waals surface area (Å²) in [6.07, 6.45) is 1.61. The molecule has 4 aromatic rings. The van der Waals surface area contributed by atoms with E-state index in [-0.39, 0.29) is 16.6 Å². The van der Waals surface area contributed by atoms with Gasteiger partial charge in [-0.15, -0.1) is 4.73 Å². The molecule has 1 aliphatic heterocycles. The Balaban J connectivity index is 1.43. The van der Waals surface area contributed by atoms with Crippen LogP contribution in [0.3, 0.4) is 0 Å². The molecule has 14 heteroatoms. The SMILES string of the molecule is COn1c(=O)c(-c2cc(NC(=O)c3cc(Cl)nc(N4CCN(C)CC4)c3)ccc2Cl)cc2cnc(NCCN(C)C)nc21. The molecule has 1 saturated heterocycles. The van der Waals surface area contributed by atoms with E-state index >= 15 is 0 Å². The number of aromatic nitrogens is 4. The number of fused-ring (bicyclic) bond motifs is 1. The van der Waals surface area contributed by atoms with Gasteiger partial charge in [0.25, 0.3) is 11.5 Å². The Labute approximate surface area is 259 Å². The summed E-state index contributed by atoms with van der Waals surface area (Å²) in [6, 6.07) is 9.85. The van der Waals surface area contributed by atoms with E-state index in [1.807, 2.05) is 19.0 Å². The quantitative estimate of drug-likeness (QED) is 0.268. The molecular weight excluding hydrogens is 593 g/mol. The second-order valence-electron chi connectivity index (χ2n) is 10.5. The summed E-state index contributed by atoms with van der Waals surface area (Å²) >= 11 is 12.9. The van der Waals surface area contributed by atoms with Gasteiger partial charge in [0.2, 0.25) is 5.95 Å². The first kappa shape index (κ1) is 30.5. The van der Waals surface area contributed by atoms with E-state index in [4.69, 9.17) is 28.0 Å². The van der Waals surface area contributed by atoms with Crippen LogP contribution in [0.15, 0.2) is 47.4 Å². The van der Waals surface area contributed by atoms with E-state index in [0.717, 1.165) is 37.5 Å². The van der Waals surface area contributed by atoms with Gasteiger partial charge in [-0.2, -0.15) is 4.98 Å². The van der Waals surface area contributed by atoms with E-state index < -0.39 is 5.56 Å². The maximum atomic E-state index is 13.6. The van der Waals surface area contributed by atoms with Gasteiger partial charge in [-0.3, -0.25) is 9.59 Å². The number of benzene rings is 1. The molecule has 1 aliphatic rings. The molecule has 0 aliphatic carbocycles. The van der Waals surface area contributed by atoms with Gasteiger partial charge < -0.3 is 30.2 Å². The van der Waals surface area contributed by atoms with Crippen molar-refractivity contribution in [3.05, 3.63) is 68.7 Å². The Kier molecular flexibility index (Phi) is 9.31. The number of carbonyl (C=O) groups excluding carboxylic acids is 1. The molecule has 1 fully saturated rings. The van der Waals surface area contributed by atoms with Gasteiger partial charge in [0, 0.05) is 72.7 Å². The predicted octanol–water partition coefficient (Wildman–Crippen LogP) is 3.20.